The molecule has 0 aliphatic rings. The summed E-state index contributed by atoms with van der Waals surface area (Å²) >= 11 is 7.49. The van der Waals surface area contributed by atoms with Crippen LogP contribution in [0.15, 0.2) is 53.9 Å². The number of nitrogens with zero attached hydrogens (tertiary/aromatic N) is 2. The van der Waals surface area contributed by atoms with Gasteiger partial charge in [0.25, 0.3) is 5.91 Å². The maximum Gasteiger partial charge on any atom is 0.257 e. The van der Waals surface area contributed by atoms with Crippen LogP contribution in [-0.2, 0) is 0 Å². The van der Waals surface area contributed by atoms with E-state index in [0.29, 0.717) is 26.9 Å². The molecule has 3 rings (SSSR count). The maximum atomic E-state index is 12.4. The number of benzene rings is 2. The van der Waals surface area contributed by atoms with Crippen molar-refractivity contribution in [2.24, 2.45) is 0 Å². The fourth-order valence-electron chi connectivity index (χ4n) is 2.34. The van der Waals surface area contributed by atoms with Gasteiger partial charge >= 0.3 is 0 Å². The van der Waals surface area contributed by atoms with Crippen molar-refractivity contribution < 1.29 is 4.79 Å². The Hall–Kier alpha value is -2.94. The zero-order valence-electron chi connectivity index (χ0n) is 13.9. The molecule has 0 aliphatic carbocycles. The Labute approximate surface area is 160 Å². The second-order valence-corrected chi connectivity index (χ2v) is 6.79. The first-order valence-electron chi connectivity index (χ1n) is 7.77. The van der Waals surface area contributed by atoms with Crippen LogP contribution in [0.3, 0.4) is 0 Å². The predicted molar refractivity (Wildman–Crippen MR) is 106 cm³/mol. The van der Waals surface area contributed by atoms with Crippen molar-refractivity contribution in [3.05, 3.63) is 80.8 Å². The number of amides is 1. The van der Waals surface area contributed by atoms with Gasteiger partial charge in [-0.05, 0) is 42.8 Å². The summed E-state index contributed by atoms with van der Waals surface area (Å²) in [7, 11) is 0. The molecule has 26 heavy (non-hydrogen) atoms. The number of carbonyl (C=O) groups is 1. The molecule has 0 aliphatic heterocycles. The molecule has 128 valence electrons. The third kappa shape index (κ3) is 4.17. The highest BCUT2D eigenvalue weighted by molar-refractivity contribution is 7.11. The Balaban J connectivity index is 1.84. The minimum absolute atomic E-state index is 0.284. The van der Waals surface area contributed by atoms with Crippen molar-refractivity contribution in [2.45, 2.75) is 6.92 Å². The second-order valence-electron chi connectivity index (χ2n) is 5.52. The molecule has 0 radical (unpaired) electrons. The summed E-state index contributed by atoms with van der Waals surface area (Å²) < 4.78 is 0. The molecule has 0 saturated carbocycles. The van der Waals surface area contributed by atoms with Gasteiger partial charge in [-0.2, -0.15) is 5.26 Å². The van der Waals surface area contributed by atoms with E-state index in [0.717, 1.165) is 11.3 Å². The lowest BCUT2D eigenvalue weighted by molar-refractivity contribution is 0.102. The second kappa shape index (κ2) is 7.96. The van der Waals surface area contributed by atoms with Gasteiger partial charge in [0.15, 0.2) is 0 Å². The van der Waals surface area contributed by atoms with E-state index in [1.165, 1.54) is 11.3 Å². The van der Waals surface area contributed by atoms with Crippen LogP contribution in [0.1, 0.15) is 26.6 Å². The van der Waals surface area contributed by atoms with E-state index in [-0.39, 0.29) is 5.91 Å². The summed E-state index contributed by atoms with van der Waals surface area (Å²) in [6.07, 6.45) is 1.75. The summed E-state index contributed by atoms with van der Waals surface area (Å²) in [4.78, 5) is 16.7. The van der Waals surface area contributed by atoms with Crippen LogP contribution in [0.4, 0.5) is 5.69 Å². The lowest BCUT2D eigenvalue weighted by Gasteiger charge is -2.07. The third-order valence-electron chi connectivity index (χ3n) is 3.54. The van der Waals surface area contributed by atoms with Crippen LogP contribution in [0, 0.1) is 18.3 Å². The number of nitriles is 1. The first-order chi connectivity index (χ1) is 12.6. The smallest absolute Gasteiger partial charge is 0.257 e. The van der Waals surface area contributed by atoms with Crippen molar-refractivity contribution in [1.29, 1.82) is 5.26 Å². The van der Waals surface area contributed by atoms with Gasteiger partial charge in [-0.25, -0.2) is 4.98 Å². The number of halogens is 1. The molecule has 1 aromatic heterocycles. The molecule has 6 heteroatoms. The normalized spacial score (nSPS) is 11.0. The van der Waals surface area contributed by atoms with E-state index >= 15 is 0 Å². The van der Waals surface area contributed by atoms with E-state index in [1.54, 1.807) is 42.5 Å². The number of allylic oxidation sites excluding steroid dienone is 1. The largest absolute Gasteiger partial charge is 0.322 e. The number of hydrogen-bond acceptors (Lipinski definition) is 4. The highest BCUT2D eigenvalue weighted by Gasteiger charge is 2.10. The minimum atomic E-state index is -0.284. The van der Waals surface area contributed by atoms with Gasteiger partial charge in [-0.15, -0.1) is 11.3 Å². The summed E-state index contributed by atoms with van der Waals surface area (Å²) in [5, 5.41) is 15.2. The lowest BCUT2D eigenvalue weighted by Crippen LogP contribution is -2.12. The van der Waals surface area contributed by atoms with Crippen molar-refractivity contribution >= 4 is 46.2 Å². The van der Waals surface area contributed by atoms with Crippen LogP contribution in [0.2, 0.25) is 5.02 Å². The number of aryl methyl sites for hydroxylation is 1. The Morgan fingerprint density at radius 3 is 2.77 bits per heavy atom. The maximum absolute atomic E-state index is 12.4. The third-order valence-corrected chi connectivity index (χ3v) is 4.87. The summed E-state index contributed by atoms with van der Waals surface area (Å²) in [5.74, 6) is -0.284. The van der Waals surface area contributed by atoms with Crippen molar-refractivity contribution in [3.63, 3.8) is 0 Å². The Morgan fingerprint density at radius 2 is 2.08 bits per heavy atom. The van der Waals surface area contributed by atoms with Gasteiger partial charge in [-0.1, -0.05) is 35.9 Å². The van der Waals surface area contributed by atoms with Gasteiger partial charge in [0, 0.05) is 16.8 Å². The van der Waals surface area contributed by atoms with Crippen LogP contribution in [-0.4, -0.2) is 10.9 Å². The molecule has 0 bridgehead atoms. The summed E-state index contributed by atoms with van der Waals surface area (Å²) in [5.41, 5.74) is 3.19. The van der Waals surface area contributed by atoms with E-state index in [4.69, 9.17) is 11.6 Å². The number of hydrogen-bond donors (Lipinski definition) is 1. The van der Waals surface area contributed by atoms with Crippen molar-refractivity contribution in [3.8, 4) is 6.07 Å². The number of thiazole rings is 1. The van der Waals surface area contributed by atoms with Gasteiger partial charge in [-0.3, -0.25) is 4.79 Å². The zero-order chi connectivity index (χ0) is 18.5. The van der Waals surface area contributed by atoms with Crippen molar-refractivity contribution in [2.75, 3.05) is 5.32 Å². The molecule has 3 aromatic rings. The number of aromatic nitrogens is 1. The van der Waals surface area contributed by atoms with Gasteiger partial charge in [0.1, 0.15) is 11.1 Å². The van der Waals surface area contributed by atoms with Crippen LogP contribution in [0.25, 0.3) is 11.6 Å². The average Bonchev–Trinajstić information content (AvgIpc) is 3.06. The fraction of sp³-hybridized carbons (Fsp3) is 0.0500. The Bertz CT molecular complexity index is 1030. The van der Waals surface area contributed by atoms with E-state index < -0.39 is 0 Å². The molecule has 2 aromatic carbocycles. The monoisotopic (exact) mass is 379 g/mol. The number of carbonyl (C=O) groups excluding carboxylic acids is 1. The Morgan fingerprint density at radius 1 is 1.27 bits per heavy atom. The lowest BCUT2D eigenvalue weighted by atomic mass is 10.1. The van der Waals surface area contributed by atoms with E-state index in [1.807, 2.05) is 24.4 Å². The Kier molecular flexibility index (Phi) is 5.47. The highest BCUT2D eigenvalue weighted by atomic mass is 35.5. The minimum Gasteiger partial charge on any atom is -0.322 e. The molecule has 1 amide bonds. The molecule has 0 fully saturated rings. The van der Waals surface area contributed by atoms with E-state index in [2.05, 4.69) is 16.4 Å². The molecular weight excluding hydrogens is 366 g/mol. The zero-order valence-corrected chi connectivity index (χ0v) is 15.4. The molecule has 1 N–H and O–H groups in total. The van der Waals surface area contributed by atoms with Crippen LogP contribution >= 0.6 is 22.9 Å². The first kappa shape index (κ1) is 17.9. The first-order valence-corrected chi connectivity index (χ1v) is 9.03. The van der Waals surface area contributed by atoms with Crippen LogP contribution in [0.5, 0.6) is 0 Å². The molecule has 4 nitrogen and oxygen atoms in total. The van der Waals surface area contributed by atoms with Crippen molar-refractivity contribution in [1.82, 2.24) is 4.98 Å². The molecule has 0 atom stereocenters. The highest BCUT2D eigenvalue weighted by Crippen LogP contribution is 2.23. The van der Waals surface area contributed by atoms with Gasteiger partial charge in [0.05, 0.1) is 16.2 Å². The molecular formula is C20H14ClN3OS. The number of rotatable bonds is 4. The standard InChI is InChI=1S/C20H14ClN3OS/c1-13-12-26-20(23-13)15(11-22)9-14-5-4-6-16(10-14)24-19(25)17-7-2-3-8-18(17)21/h2-10,12H,1H3,(H,24,25)/b15-9+. The van der Waals surface area contributed by atoms with Gasteiger partial charge in [0.2, 0.25) is 0 Å². The quantitative estimate of drug-likeness (QED) is 0.615. The molecule has 0 saturated heterocycles. The van der Waals surface area contributed by atoms with E-state index in [9.17, 15) is 10.1 Å². The fourth-order valence-corrected chi connectivity index (χ4v) is 3.32. The molecule has 0 unspecified atom stereocenters. The van der Waals surface area contributed by atoms with Gasteiger partial charge < -0.3 is 5.32 Å². The predicted octanol–water partition coefficient (Wildman–Crippen LogP) is 5.42. The number of nitrogens with one attached hydrogen (secondary N) is 1. The SMILES string of the molecule is Cc1csc(/C(C#N)=C/c2cccc(NC(=O)c3ccccc3Cl)c2)n1. The molecule has 0 spiro atoms. The summed E-state index contributed by atoms with van der Waals surface area (Å²) in [6, 6.07) is 16.3. The molecule has 1 heterocycles. The average molecular weight is 380 g/mol. The number of anilines is 1. The van der Waals surface area contributed by atoms with Crippen LogP contribution < -0.4 is 5.32 Å². The topological polar surface area (TPSA) is 65.8 Å². The summed E-state index contributed by atoms with van der Waals surface area (Å²) in [6.45, 7) is 1.89.